The van der Waals surface area contributed by atoms with E-state index in [0.29, 0.717) is 44.9 Å². The number of benzene rings is 3. The number of oxazole rings is 1. The first-order chi connectivity index (χ1) is 22.3. The van der Waals surface area contributed by atoms with E-state index in [1.807, 2.05) is 0 Å². The van der Waals surface area contributed by atoms with Gasteiger partial charge in [-0.3, -0.25) is 0 Å². The lowest BCUT2D eigenvalue weighted by molar-refractivity contribution is -0.150. The van der Waals surface area contributed by atoms with Crippen molar-refractivity contribution in [2.24, 2.45) is 0 Å². The van der Waals surface area contributed by atoms with Gasteiger partial charge in [0.15, 0.2) is 17.5 Å². The molecule has 1 atom stereocenters. The summed E-state index contributed by atoms with van der Waals surface area (Å²) in [6, 6.07) is 16.5. The minimum atomic E-state index is -1.92. The third-order valence-corrected chi connectivity index (χ3v) is 7.03. The Morgan fingerprint density at radius 1 is 0.872 bits per heavy atom. The molecule has 0 aliphatic heterocycles. The van der Waals surface area contributed by atoms with E-state index in [4.69, 9.17) is 93.0 Å². The summed E-state index contributed by atoms with van der Waals surface area (Å²) < 4.78 is 25.6. The Kier molecular flexibility index (Phi) is 12.5. The van der Waals surface area contributed by atoms with Gasteiger partial charge in [-0.1, -0.05) is 69.6 Å². The predicted octanol–water partition coefficient (Wildman–Crippen LogP) is 9.18. The zero-order valence-electron chi connectivity index (χ0n) is 24.7. The molecular formula is C30H24Cl6N4O7. The van der Waals surface area contributed by atoms with Crippen LogP contribution in [0, 0.1) is 0 Å². The Morgan fingerprint density at radius 2 is 1.51 bits per heavy atom. The second-order valence-corrected chi connectivity index (χ2v) is 12.7. The van der Waals surface area contributed by atoms with Gasteiger partial charge in [-0.05, 0) is 75.4 Å². The van der Waals surface area contributed by atoms with E-state index in [0.717, 1.165) is 4.68 Å². The molecule has 5 rings (SSSR count). The number of alkyl halides is 3. The number of hydrogen-bond acceptors (Lipinski definition) is 10. The van der Waals surface area contributed by atoms with Crippen LogP contribution >= 0.6 is 69.6 Å². The maximum Gasteiger partial charge on any atom is 0.400 e. The molecular weight excluding hydrogens is 741 g/mol. The van der Waals surface area contributed by atoms with Gasteiger partial charge in [-0.25, -0.2) is 19.3 Å². The van der Waals surface area contributed by atoms with Gasteiger partial charge in [0.2, 0.25) is 3.79 Å². The van der Waals surface area contributed by atoms with Crippen LogP contribution in [0.3, 0.4) is 0 Å². The fourth-order valence-electron chi connectivity index (χ4n) is 3.72. The molecule has 0 spiro atoms. The minimum absolute atomic E-state index is 0.0928. The molecule has 17 heteroatoms. The highest BCUT2D eigenvalue weighted by Crippen LogP contribution is 2.39. The monoisotopic (exact) mass is 762 g/mol. The van der Waals surface area contributed by atoms with Crippen LogP contribution in [0.25, 0.3) is 16.8 Å². The van der Waals surface area contributed by atoms with Crippen LogP contribution in [-0.4, -0.2) is 51.0 Å². The highest BCUT2D eigenvalue weighted by atomic mass is 35.6. The third-order valence-electron chi connectivity index (χ3n) is 5.75. The zero-order chi connectivity index (χ0) is 34.3. The Bertz CT molecular complexity index is 1860. The molecule has 248 valence electrons. The molecule has 0 saturated carbocycles. The van der Waals surface area contributed by atoms with Gasteiger partial charge in [-0.15, -0.1) is 5.10 Å². The van der Waals surface area contributed by atoms with E-state index in [1.165, 1.54) is 6.07 Å². The third kappa shape index (κ3) is 9.79. The van der Waals surface area contributed by atoms with E-state index in [9.17, 15) is 9.59 Å². The van der Waals surface area contributed by atoms with Crippen molar-refractivity contribution < 1.29 is 33.0 Å². The molecule has 47 heavy (non-hydrogen) atoms. The van der Waals surface area contributed by atoms with E-state index in [-0.39, 0.29) is 29.4 Å². The van der Waals surface area contributed by atoms with Crippen LogP contribution in [0.4, 0.5) is 0 Å². The summed E-state index contributed by atoms with van der Waals surface area (Å²) >= 11 is 35.5. The highest BCUT2D eigenvalue weighted by molar-refractivity contribution is 6.66. The zero-order valence-corrected chi connectivity index (χ0v) is 29.2. The van der Waals surface area contributed by atoms with Crippen LogP contribution in [0.2, 0.25) is 15.1 Å². The maximum absolute atomic E-state index is 11.8. The van der Waals surface area contributed by atoms with E-state index in [2.05, 4.69) is 15.1 Å². The number of ether oxygens (including phenoxy) is 4. The first kappa shape index (κ1) is 36.4. The van der Waals surface area contributed by atoms with Crippen LogP contribution in [0.5, 0.6) is 17.6 Å². The highest BCUT2D eigenvalue weighted by Gasteiger charge is 2.33. The van der Waals surface area contributed by atoms with Crippen molar-refractivity contribution in [1.29, 1.82) is 0 Å². The van der Waals surface area contributed by atoms with Crippen LogP contribution in [0.1, 0.15) is 37.2 Å². The maximum atomic E-state index is 11.8. The van der Waals surface area contributed by atoms with Crippen molar-refractivity contribution in [2.45, 2.75) is 30.7 Å². The van der Waals surface area contributed by atoms with Crippen molar-refractivity contribution in [3.05, 3.63) is 87.4 Å². The van der Waals surface area contributed by atoms with Gasteiger partial charge in [0.05, 0.1) is 23.9 Å². The number of aromatic nitrogens is 4. The van der Waals surface area contributed by atoms with E-state index >= 15 is 0 Å². The fraction of sp³-hybridized carbons (Fsp3) is 0.233. The van der Waals surface area contributed by atoms with Gasteiger partial charge in [0, 0.05) is 16.1 Å². The predicted molar refractivity (Wildman–Crippen MR) is 179 cm³/mol. The summed E-state index contributed by atoms with van der Waals surface area (Å²) in [5, 5.41) is 5.25. The Labute approximate surface area is 298 Å². The normalized spacial score (nSPS) is 11.8. The number of esters is 2. The number of nitrogens with zero attached hydrogens (tertiary/aromatic N) is 4. The average Bonchev–Trinajstić information content (AvgIpc) is 3.63. The summed E-state index contributed by atoms with van der Waals surface area (Å²) in [5.41, 5.74) is 1.56. The number of carbonyl (C=O) groups is 2. The lowest BCUT2D eigenvalue weighted by Gasteiger charge is -2.13. The molecule has 2 aromatic heterocycles. The van der Waals surface area contributed by atoms with Crippen LogP contribution in [0.15, 0.2) is 65.1 Å². The summed E-state index contributed by atoms with van der Waals surface area (Å²) in [6.45, 7) is 5.51. The van der Waals surface area contributed by atoms with Crippen LogP contribution < -0.4 is 9.47 Å². The van der Waals surface area contributed by atoms with Crippen LogP contribution in [-0.2, 0) is 18.1 Å². The van der Waals surface area contributed by atoms with Gasteiger partial charge < -0.3 is 23.4 Å². The van der Waals surface area contributed by atoms with Gasteiger partial charge in [0.1, 0.15) is 17.0 Å². The quantitative estimate of drug-likeness (QED) is 0.106. The molecule has 0 N–H and O–H groups in total. The molecule has 0 radical (unpaired) electrons. The van der Waals surface area contributed by atoms with Gasteiger partial charge in [0.25, 0.3) is 5.82 Å². The summed E-state index contributed by atoms with van der Waals surface area (Å²) in [5.74, 6) is -0.431. The molecule has 0 bridgehead atoms. The van der Waals surface area contributed by atoms with Gasteiger partial charge >= 0.3 is 18.0 Å². The lowest BCUT2D eigenvalue weighted by atomic mass is 10.3. The SMILES string of the molecule is CCOC(=O)C(C)Oc1ccc(Oc2nc3ccc(Cl)cc3o2)cc1.CCOC(=O)c1nc(C(Cl)(Cl)Cl)n(-c2ccc(Cl)cc2Cl)n1. The van der Waals surface area contributed by atoms with Crippen molar-refractivity contribution in [3.8, 4) is 23.3 Å². The molecule has 0 saturated heterocycles. The second-order valence-electron chi connectivity index (χ2n) is 9.16. The van der Waals surface area contributed by atoms with Crippen molar-refractivity contribution >= 4 is 92.6 Å². The number of rotatable bonds is 9. The molecule has 3 aromatic carbocycles. The van der Waals surface area contributed by atoms with Gasteiger partial charge in [-0.2, -0.15) is 4.98 Å². The number of carbonyl (C=O) groups excluding carboxylic acids is 2. The Hall–Kier alpha value is -3.45. The number of hydrogen-bond donors (Lipinski definition) is 0. The summed E-state index contributed by atoms with van der Waals surface area (Å²) in [6.07, 6.45) is -0.570. The minimum Gasteiger partial charge on any atom is -0.479 e. The summed E-state index contributed by atoms with van der Waals surface area (Å²) in [4.78, 5) is 31.5. The molecule has 1 unspecified atom stereocenters. The molecule has 11 nitrogen and oxygen atoms in total. The number of fused-ring (bicyclic) bond motifs is 1. The average molecular weight is 765 g/mol. The van der Waals surface area contributed by atoms with Crippen molar-refractivity contribution in [2.75, 3.05) is 13.2 Å². The molecule has 2 heterocycles. The summed E-state index contributed by atoms with van der Waals surface area (Å²) in [7, 11) is 0. The largest absolute Gasteiger partial charge is 0.479 e. The van der Waals surface area contributed by atoms with E-state index in [1.54, 1.807) is 75.4 Å². The topological polar surface area (TPSA) is 128 Å². The first-order valence-corrected chi connectivity index (χ1v) is 15.9. The van der Waals surface area contributed by atoms with Crippen molar-refractivity contribution in [1.82, 2.24) is 19.7 Å². The Balaban J connectivity index is 0.000000215. The lowest BCUT2D eigenvalue weighted by Crippen LogP contribution is -2.25. The molecule has 0 amide bonds. The molecule has 0 fully saturated rings. The Morgan fingerprint density at radius 3 is 2.15 bits per heavy atom. The standard InChI is InChI=1S/C18H16ClNO5.C12H8Cl5N3O2/c1-3-22-17(21)11(2)23-13-5-7-14(8-6-13)24-18-20-15-9-4-12(19)10-16(15)25-18;1-2-22-10(21)9-18-11(12(15,16)17)20(19-9)8-4-3-6(13)5-7(8)14/h4-11H,3H2,1-2H3;3-5H,2H2,1H3. The van der Waals surface area contributed by atoms with Crippen molar-refractivity contribution in [3.63, 3.8) is 0 Å². The molecule has 0 aliphatic rings. The fourth-order valence-corrected chi connectivity index (χ4v) is 4.74. The second kappa shape index (κ2) is 16.1. The van der Waals surface area contributed by atoms with E-state index < -0.39 is 21.8 Å². The first-order valence-electron chi connectivity index (χ1n) is 13.6. The smallest absolute Gasteiger partial charge is 0.400 e. The number of halogens is 6. The molecule has 5 aromatic rings. The molecule has 0 aliphatic carbocycles.